The number of ether oxygens (including phenoxy) is 1. The van der Waals surface area contributed by atoms with E-state index < -0.39 is 0 Å². The number of hydrogen-bond acceptors (Lipinski definition) is 3. The molecule has 0 unspecified atom stereocenters. The van der Waals surface area contributed by atoms with Gasteiger partial charge in [0.05, 0.1) is 18.0 Å². The third-order valence-electron chi connectivity index (χ3n) is 5.52. The summed E-state index contributed by atoms with van der Waals surface area (Å²) in [6, 6.07) is 17.9. The Balaban J connectivity index is 1.39. The molecule has 1 amide bonds. The van der Waals surface area contributed by atoms with E-state index >= 15 is 0 Å². The van der Waals surface area contributed by atoms with Gasteiger partial charge in [-0.05, 0) is 79.4 Å². The number of pyridine rings is 1. The molecule has 2 N–H and O–H groups in total. The van der Waals surface area contributed by atoms with Gasteiger partial charge in [0, 0.05) is 29.2 Å². The summed E-state index contributed by atoms with van der Waals surface area (Å²) in [5.41, 5.74) is 4.25. The van der Waals surface area contributed by atoms with E-state index in [1.54, 1.807) is 12.3 Å². The third kappa shape index (κ3) is 5.77. The number of nitrogens with zero attached hydrogens (tertiary/aromatic N) is 1. The van der Waals surface area contributed by atoms with Gasteiger partial charge in [0.15, 0.2) is 0 Å². The Labute approximate surface area is 193 Å². The second-order valence-corrected chi connectivity index (χ2v) is 8.01. The number of unbranched alkanes of at least 4 members (excludes halogenated alkanes) is 1. The van der Waals surface area contributed by atoms with E-state index in [1.807, 2.05) is 42.5 Å². The molecule has 2 aromatic carbocycles. The van der Waals surface area contributed by atoms with Crippen molar-refractivity contribution in [1.82, 2.24) is 9.97 Å². The van der Waals surface area contributed by atoms with Crippen LogP contribution in [0.15, 0.2) is 66.9 Å². The number of aromatic amines is 1. The van der Waals surface area contributed by atoms with E-state index in [9.17, 15) is 9.18 Å². The fraction of sp³-hybridized carbons (Fsp3) is 0.259. The molecule has 4 rings (SSSR count). The number of aryl methyl sites for hydroxylation is 1. The zero-order valence-corrected chi connectivity index (χ0v) is 18.7. The molecule has 5 nitrogen and oxygen atoms in total. The van der Waals surface area contributed by atoms with Crippen molar-refractivity contribution < 1.29 is 13.9 Å². The van der Waals surface area contributed by atoms with Gasteiger partial charge in [-0.25, -0.2) is 4.39 Å². The van der Waals surface area contributed by atoms with E-state index in [0.29, 0.717) is 25.9 Å². The van der Waals surface area contributed by atoms with Crippen LogP contribution in [0.25, 0.3) is 22.3 Å². The molecule has 6 heteroatoms. The van der Waals surface area contributed by atoms with Gasteiger partial charge in [0.2, 0.25) is 5.91 Å². The van der Waals surface area contributed by atoms with Crippen LogP contribution in [-0.4, -0.2) is 22.5 Å². The van der Waals surface area contributed by atoms with E-state index in [-0.39, 0.29) is 11.7 Å². The van der Waals surface area contributed by atoms with E-state index in [4.69, 9.17) is 4.74 Å². The Morgan fingerprint density at radius 1 is 1.09 bits per heavy atom. The van der Waals surface area contributed by atoms with Crippen molar-refractivity contribution >= 4 is 22.5 Å². The molecule has 0 spiro atoms. The quantitative estimate of drug-likeness (QED) is 0.274. The molecule has 0 saturated heterocycles. The number of aromatic nitrogens is 2. The minimum Gasteiger partial charge on any atom is -0.494 e. The molecular weight excluding hydrogens is 417 g/mol. The first-order valence-electron chi connectivity index (χ1n) is 11.4. The summed E-state index contributed by atoms with van der Waals surface area (Å²) in [5, 5.41) is 3.76. The number of nitrogens with one attached hydrogen (secondary N) is 2. The van der Waals surface area contributed by atoms with Crippen molar-refractivity contribution in [3.8, 4) is 17.1 Å². The maximum absolute atomic E-state index is 13.9. The lowest BCUT2D eigenvalue weighted by molar-refractivity contribution is -0.116. The van der Waals surface area contributed by atoms with Crippen molar-refractivity contribution in [2.45, 2.75) is 39.0 Å². The van der Waals surface area contributed by atoms with Crippen LogP contribution in [0.5, 0.6) is 5.75 Å². The number of rotatable bonds is 10. The number of anilines is 1. The minimum absolute atomic E-state index is 0.0555. The number of fused-ring (bicyclic) bond motifs is 1. The molecule has 2 heterocycles. The fourth-order valence-corrected chi connectivity index (χ4v) is 3.83. The Morgan fingerprint density at radius 2 is 1.94 bits per heavy atom. The number of hydrogen-bond donors (Lipinski definition) is 2. The number of amides is 1. The lowest BCUT2D eigenvalue weighted by Gasteiger charge is -2.08. The number of H-pyrrole nitrogens is 1. The van der Waals surface area contributed by atoms with Gasteiger partial charge < -0.3 is 15.0 Å². The van der Waals surface area contributed by atoms with E-state index in [1.165, 1.54) is 12.1 Å². The average Bonchev–Trinajstić information content (AvgIpc) is 3.18. The van der Waals surface area contributed by atoms with Crippen molar-refractivity contribution in [3.05, 3.63) is 78.2 Å². The number of carbonyl (C=O) groups excluding carboxylic acids is 1. The summed E-state index contributed by atoms with van der Waals surface area (Å²) in [7, 11) is 0. The molecule has 0 fully saturated rings. The summed E-state index contributed by atoms with van der Waals surface area (Å²) in [6.45, 7) is 2.82. The summed E-state index contributed by atoms with van der Waals surface area (Å²) < 4.78 is 19.6. The Bertz CT molecular complexity index is 1200. The van der Waals surface area contributed by atoms with Crippen LogP contribution >= 0.6 is 0 Å². The maximum atomic E-state index is 13.9. The zero-order chi connectivity index (χ0) is 23.0. The van der Waals surface area contributed by atoms with Gasteiger partial charge in [0.1, 0.15) is 11.6 Å². The molecule has 170 valence electrons. The van der Waals surface area contributed by atoms with Gasteiger partial charge in [-0.1, -0.05) is 19.4 Å². The molecule has 33 heavy (non-hydrogen) atoms. The van der Waals surface area contributed by atoms with E-state index in [0.717, 1.165) is 52.1 Å². The molecule has 0 radical (unpaired) electrons. The Morgan fingerprint density at radius 3 is 2.70 bits per heavy atom. The van der Waals surface area contributed by atoms with Crippen LogP contribution in [0.1, 0.15) is 38.2 Å². The SMILES string of the molecule is CCCCOc1ccc(NC(=O)CCCc2c(-c3ccccn3)[nH]c3ccc(F)cc23)cc1. The third-order valence-corrected chi connectivity index (χ3v) is 5.52. The molecule has 0 bridgehead atoms. The lowest BCUT2D eigenvalue weighted by Crippen LogP contribution is -2.11. The molecular formula is C27H28FN3O2. The van der Waals surface area contributed by atoms with Gasteiger partial charge in [-0.15, -0.1) is 0 Å². The second-order valence-electron chi connectivity index (χ2n) is 8.01. The highest BCUT2D eigenvalue weighted by atomic mass is 19.1. The van der Waals surface area contributed by atoms with Crippen molar-refractivity contribution in [1.29, 1.82) is 0 Å². The Hall–Kier alpha value is -3.67. The topological polar surface area (TPSA) is 67.0 Å². The standard InChI is InChI=1S/C27H28FN3O2/c1-2-3-17-33-21-13-11-20(12-14-21)30-26(32)9-6-7-22-23-18-19(28)10-15-24(23)31-27(22)25-8-4-5-16-29-25/h4-5,8,10-16,18,31H,2-3,6-7,9,17H2,1H3,(H,30,32). The summed E-state index contributed by atoms with van der Waals surface area (Å²) in [6.07, 6.45) is 5.46. The summed E-state index contributed by atoms with van der Waals surface area (Å²) in [4.78, 5) is 20.3. The largest absolute Gasteiger partial charge is 0.494 e. The highest BCUT2D eigenvalue weighted by Crippen LogP contribution is 2.31. The van der Waals surface area contributed by atoms with E-state index in [2.05, 4.69) is 22.2 Å². The number of halogens is 1. The van der Waals surface area contributed by atoms with Crippen LogP contribution < -0.4 is 10.1 Å². The second kappa shape index (κ2) is 10.8. The normalized spacial score (nSPS) is 11.0. The molecule has 0 aliphatic heterocycles. The highest BCUT2D eigenvalue weighted by molar-refractivity contribution is 5.92. The van der Waals surface area contributed by atoms with Crippen LogP contribution in [0.3, 0.4) is 0 Å². The molecule has 0 saturated carbocycles. The fourth-order valence-electron chi connectivity index (χ4n) is 3.83. The zero-order valence-electron chi connectivity index (χ0n) is 18.7. The molecule has 4 aromatic rings. The highest BCUT2D eigenvalue weighted by Gasteiger charge is 2.15. The van der Waals surface area contributed by atoms with Gasteiger partial charge >= 0.3 is 0 Å². The Kier molecular flexibility index (Phi) is 7.35. The summed E-state index contributed by atoms with van der Waals surface area (Å²) >= 11 is 0. The van der Waals surface area contributed by atoms with Crippen molar-refractivity contribution in [2.24, 2.45) is 0 Å². The first kappa shape index (κ1) is 22.5. The first-order chi connectivity index (χ1) is 16.1. The minimum atomic E-state index is -0.282. The van der Waals surface area contributed by atoms with Crippen molar-refractivity contribution in [2.75, 3.05) is 11.9 Å². The molecule has 0 aliphatic carbocycles. The smallest absolute Gasteiger partial charge is 0.224 e. The number of carbonyl (C=O) groups is 1. The molecule has 0 atom stereocenters. The van der Waals surface area contributed by atoms with Gasteiger partial charge in [-0.3, -0.25) is 9.78 Å². The monoisotopic (exact) mass is 445 g/mol. The van der Waals surface area contributed by atoms with Gasteiger partial charge in [-0.2, -0.15) is 0 Å². The number of benzene rings is 2. The molecule has 2 aromatic heterocycles. The van der Waals surface area contributed by atoms with Crippen LogP contribution in [0.4, 0.5) is 10.1 Å². The van der Waals surface area contributed by atoms with Crippen molar-refractivity contribution in [3.63, 3.8) is 0 Å². The van der Waals surface area contributed by atoms with Crippen LogP contribution in [-0.2, 0) is 11.2 Å². The van der Waals surface area contributed by atoms with Crippen LogP contribution in [0.2, 0.25) is 0 Å². The lowest BCUT2D eigenvalue weighted by atomic mass is 10.0. The van der Waals surface area contributed by atoms with Crippen LogP contribution in [0, 0.1) is 5.82 Å². The predicted octanol–water partition coefficient (Wildman–Crippen LogP) is 6.51. The maximum Gasteiger partial charge on any atom is 0.224 e. The predicted molar refractivity (Wildman–Crippen MR) is 130 cm³/mol. The first-order valence-corrected chi connectivity index (χ1v) is 11.4. The summed E-state index contributed by atoms with van der Waals surface area (Å²) in [5.74, 6) is 0.463. The average molecular weight is 446 g/mol. The molecule has 0 aliphatic rings. The van der Waals surface area contributed by atoms with Gasteiger partial charge in [0.25, 0.3) is 0 Å².